The van der Waals surface area contributed by atoms with Gasteiger partial charge in [0.25, 0.3) is 5.91 Å². The van der Waals surface area contributed by atoms with E-state index in [-0.39, 0.29) is 17.6 Å². The first-order valence-electron chi connectivity index (χ1n) is 15.4. The molecule has 5 rings (SSSR count). The summed E-state index contributed by atoms with van der Waals surface area (Å²) in [6, 6.07) is 14.9. The maximum Gasteiger partial charge on any atom is 0.417 e. The summed E-state index contributed by atoms with van der Waals surface area (Å²) in [6.07, 6.45) is -4.28. The van der Waals surface area contributed by atoms with Crippen molar-refractivity contribution in [2.24, 2.45) is 0 Å². The number of methoxy groups -OCH3 is 1. The zero-order valence-corrected chi connectivity index (χ0v) is 28.0. The molecule has 1 saturated heterocycles. The smallest absolute Gasteiger partial charge is 0.417 e. The van der Waals surface area contributed by atoms with Crippen molar-refractivity contribution in [1.82, 2.24) is 5.32 Å². The first kappa shape index (κ1) is 36.9. The van der Waals surface area contributed by atoms with Crippen LogP contribution in [0, 0.1) is 18.6 Å². The van der Waals surface area contributed by atoms with E-state index in [1.807, 2.05) is 51.4 Å². The van der Waals surface area contributed by atoms with Crippen molar-refractivity contribution in [2.75, 3.05) is 75.8 Å². The summed E-state index contributed by atoms with van der Waals surface area (Å²) in [4.78, 5) is 28.0. The van der Waals surface area contributed by atoms with Crippen LogP contribution in [0.15, 0.2) is 72.4 Å². The van der Waals surface area contributed by atoms with Crippen LogP contribution in [0.2, 0.25) is 0 Å². The Labute approximate surface area is 282 Å². The van der Waals surface area contributed by atoms with Gasteiger partial charge >= 0.3 is 12.1 Å². The molecule has 0 aromatic heterocycles. The molecule has 2 aliphatic heterocycles. The van der Waals surface area contributed by atoms with Crippen LogP contribution in [-0.2, 0) is 20.7 Å². The molecule has 49 heavy (non-hydrogen) atoms. The molecule has 13 heteroatoms. The summed E-state index contributed by atoms with van der Waals surface area (Å²) >= 11 is 0. The van der Waals surface area contributed by atoms with Crippen LogP contribution in [-0.4, -0.2) is 79.2 Å². The van der Waals surface area contributed by atoms with Crippen molar-refractivity contribution in [3.63, 3.8) is 0 Å². The van der Waals surface area contributed by atoms with Crippen LogP contribution in [0.4, 0.5) is 39.0 Å². The average molecular weight is 687 g/mol. The number of halogens is 5. The fourth-order valence-electron chi connectivity index (χ4n) is 5.58. The molecule has 0 unspecified atom stereocenters. The first-order valence-corrected chi connectivity index (χ1v) is 15.4. The fourth-order valence-corrected chi connectivity index (χ4v) is 5.58. The Hall–Kier alpha value is -4.91. The highest BCUT2D eigenvalue weighted by Crippen LogP contribution is 2.48. The standard InChI is InChI=1S/C22H23F3N2.C14H16F2N2O4/c1-14-7-6-8-16(11-14)12-18-15(2)27(5)20-10-9-17(26(3)4)13-19(20)21(18)22(23,24)25;1-21-12(19)8-17-14(20)13-10(15)6-9(7-11(13)16)18-2-4-22-5-3-18/h6-11,13H,2,12H2,1,3-5H3;6-7H,2-5,8H2,1H3,(H,17,20). The molecule has 3 aromatic rings. The molecule has 8 nitrogen and oxygen atoms in total. The Morgan fingerprint density at radius 1 is 1.02 bits per heavy atom. The molecule has 1 N–H and O–H groups in total. The number of hydrogen-bond donors (Lipinski definition) is 1. The van der Waals surface area contributed by atoms with E-state index in [4.69, 9.17) is 4.74 Å². The number of nitrogens with one attached hydrogen (secondary N) is 1. The number of amides is 1. The van der Waals surface area contributed by atoms with Crippen LogP contribution in [0.25, 0.3) is 5.57 Å². The largest absolute Gasteiger partial charge is 0.468 e. The molecule has 0 atom stereocenters. The van der Waals surface area contributed by atoms with E-state index in [1.165, 1.54) is 0 Å². The zero-order chi connectivity index (χ0) is 36.0. The number of carbonyl (C=O) groups excluding carboxylic acids is 2. The lowest BCUT2D eigenvalue weighted by atomic mass is 9.87. The minimum atomic E-state index is -4.47. The zero-order valence-electron chi connectivity index (χ0n) is 28.0. The number of nitrogens with zero attached hydrogens (tertiary/aromatic N) is 3. The summed E-state index contributed by atoms with van der Waals surface area (Å²) < 4.78 is 80.1. The number of morpholine rings is 1. The summed E-state index contributed by atoms with van der Waals surface area (Å²) in [5.41, 5.74) is 2.95. The molecular formula is C36H39F5N4O4. The Bertz CT molecular complexity index is 1730. The number of allylic oxidation sites excluding steroid dienone is 2. The van der Waals surface area contributed by atoms with Gasteiger partial charge in [0.15, 0.2) is 0 Å². The lowest BCUT2D eigenvalue weighted by molar-refractivity contribution is -0.139. The van der Waals surface area contributed by atoms with Crippen molar-refractivity contribution in [2.45, 2.75) is 19.5 Å². The van der Waals surface area contributed by atoms with E-state index in [0.717, 1.165) is 36.1 Å². The minimum Gasteiger partial charge on any atom is -0.468 e. The van der Waals surface area contributed by atoms with Gasteiger partial charge in [-0.15, -0.1) is 0 Å². The molecule has 2 heterocycles. The third-order valence-electron chi connectivity index (χ3n) is 8.18. The molecule has 0 bridgehead atoms. The van der Waals surface area contributed by atoms with Crippen LogP contribution < -0.4 is 20.0 Å². The highest BCUT2D eigenvalue weighted by Gasteiger charge is 2.42. The second-order valence-corrected chi connectivity index (χ2v) is 11.8. The molecule has 262 valence electrons. The van der Waals surface area contributed by atoms with Crippen molar-refractivity contribution < 1.29 is 41.0 Å². The molecular weight excluding hydrogens is 647 g/mol. The number of esters is 1. The molecule has 1 amide bonds. The molecule has 0 spiro atoms. The maximum absolute atomic E-state index is 14.2. The molecule has 3 aromatic carbocycles. The predicted molar refractivity (Wildman–Crippen MR) is 180 cm³/mol. The van der Waals surface area contributed by atoms with Crippen LogP contribution in [0.3, 0.4) is 0 Å². The van der Waals surface area contributed by atoms with Gasteiger partial charge in [0.1, 0.15) is 23.7 Å². The number of fused-ring (bicyclic) bond motifs is 1. The second kappa shape index (κ2) is 15.5. The number of likely N-dealkylation sites (N-methyl/N-ethyl adjacent to an activating group) is 1. The third-order valence-corrected chi connectivity index (χ3v) is 8.18. The first-order chi connectivity index (χ1) is 23.1. The second-order valence-electron chi connectivity index (χ2n) is 11.8. The number of carbonyl (C=O) groups is 2. The quantitative estimate of drug-likeness (QED) is 0.232. The molecule has 0 saturated carbocycles. The number of aryl methyl sites for hydroxylation is 1. The van der Waals surface area contributed by atoms with E-state index in [0.29, 0.717) is 43.4 Å². The Balaban J connectivity index is 0.000000226. The van der Waals surface area contributed by atoms with E-state index < -0.39 is 47.4 Å². The number of ether oxygens (including phenoxy) is 2. The molecule has 0 radical (unpaired) electrons. The van der Waals surface area contributed by atoms with Gasteiger partial charge in [-0.05, 0) is 48.4 Å². The number of hydrogen-bond acceptors (Lipinski definition) is 7. The van der Waals surface area contributed by atoms with Crippen LogP contribution in [0.1, 0.15) is 27.0 Å². The van der Waals surface area contributed by atoms with Gasteiger partial charge in [-0.25, -0.2) is 8.78 Å². The van der Waals surface area contributed by atoms with Crippen molar-refractivity contribution in [1.29, 1.82) is 0 Å². The average Bonchev–Trinajstić information content (AvgIpc) is 3.05. The number of anilines is 3. The summed E-state index contributed by atoms with van der Waals surface area (Å²) in [5, 5.41) is 2.10. The molecule has 2 aliphatic rings. The normalized spacial score (nSPS) is 14.5. The summed E-state index contributed by atoms with van der Waals surface area (Å²) in [6.45, 7) is 7.44. The summed E-state index contributed by atoms with van der Waals surface area (Å²) in [5.74, 6) is -3.68. The Morgan fingerprint density at radius 2 is 1.67 bits per heavy atom. The lowest BCUT2D eigenvalue weighted by Gasteiger charge is -2.35. The van der Waals surface area contributed by atoms with E-state index in [9.17, 15) is 31.5 Å². The van der Waals surface area contributed by atoms with Gasteiger partial charge in [-0.3, -0.25) is 9.59 Å². The van der Waals surface area contributed by atoms with Gasteiger partial charge < -0.3 is 29.5 Å². The Morgan fingerprint density at radius 3 is 2.24 bits per heavy atom. The van der Waals surface area contributed by atoms with Crippen molar-refractivity contribution in [3.8, 4) is 0 Å². The lowest BCUT2D eigenvalue weighted by Crippen LogP contribution is -2.36. The van der Waals surface area contributed by atoms with Gasteiger partial charge in [0, 0.05) is 69.0 Å². The fraction of sp³-hybridized carbons (Fsp3) is 0.333. The van der Waals surface area contributed by atoms with E-state index in [1.54, 1.807) is 33.9 Å². The maximum atomic E-state index is 14.2. The highest BCUT2D eigenvalue weighted by molar-refractivity contribution is 5.97. The Kier molecular flexibility index (Phi) is 11.7. The topological polar surface area (TPSA) is 74.4 Å². The van der Waals surface area contributed by atoms with Gasteiger partial charge in [-0.1, -0.05) is 36.4 Å². The van der Waals surface area contributed by atoms with Crippen molar-refractivity contribution >= 4 is 34.5 Å². The molecule has 1 fully saturated rings. The highest BCUT2D eigenvalue weighted by atomic mass is 19.4. The SMILES string of the molecule is C=C1C(Cc2cccc(C)c2)=C(C(F)(F)F)c2cc(N(C)C)ccc2N1C.COC(=O)CNC(=O)c1c(F)cc(N2CCOCC2)cc1F. The van der Waals surface area contributed by atoms with Crippen molar-refractivity contribution in [3.05, 3.63) is 106 Å². The number of alkyl halides is 3. The number of rotatable bonds is 7. The van der Waals surface area contributed by atoms with Gasteiger partial charge in [0.05, 0.1) is 25.9 Å². The van der Waals surface area contributed by atoms with E-state index >= 15 is 0 Å². The predicted octanol–water partition coefficient (Wildman–Crippen LogP) is 6.29. The summed E-state index contributed by atoms with van der Waals surface area (Å²) in [7, 11) is 6.54. The number of benzene rings is 3. The van der Waals surface area contributed by atoms with Gasteiger partial charge in [0.2, 0.25) is 0 Å². The van der Waals surface area contributed by atoms with Gasteiger partial charge in [-0.2, -0.15) is 13.2 Å². The third kappa shape index (κ3) is 8.77. The molecule has 0 aliphatic carbocycles. The van der Waals surface area contributed by atoms with Crippen LogP contribution >= 0.6 is 0 Å². The minimum absolute atomic E-state index is 0.186. The van der Waals surface area contributed by atoms with E-state index in [2.05, 4.69) is 16.6 Å². The van der Waals surface area contributed by atoms with Crippen LogP contribution in [0.5, 0.6) is 0 Å². The monoisotopic (exact) mass is 686 g/mol.